The molecule has 1 heterocycles. The van der Waals surface area contributed by atoms with E-state index < -0.39 is 10.6 Å². The SMILES string of the molecule is Cc1cc(=O)n(-c2cc(Cl)ccc2Cl)[nH]1.O=S(=O)=O. The minimum Gasteiger partial charge on any atom is -0.295 e. The first-order valence-electron chi connectivity index (χ1n) is 4.82. The number of hydrogen-bond donors (Lipinski definition) is 1. The maximum Gasteiger partial charge on any atom is 0.425 e. The maximum atomic E-state index is 11.5. The molecule has 0 fully saturated rings. The maximum absolute atomic E-state index is 11.5. The van der Waals surface area contributed by atoms with Crippen molar-refractivity contribution in [3.63, 3.8) is 0 Å². The molecule has 0 bridgehead atoms. The van der Waals surface area contributed by atoms with E-state index >= 15 is 0 Å². The normalized spacial score (nSPS) is 9.63. The van der Waals surface area contributed by atoms with E-state index in [1.165, 1.54) is 10.7 Å². The summed E-state index contributed by atoms with van der Waals surface area (Å²) in [5, 5.41) is 3.90. The van der Waals surface area contributed by atoms with Crippen molar-refractivity contribution in [2.75, 3.05) is 0 Å². The average molecular weight is 323 g/mol. The topological polar surface area (TPSA) is 89.0 Å². The molecule has 19 heavy (non-hydrogen) atoms. The van der Waals surface area contributed by atoms with Crippen LogP contribution in [0, 0.1) is 6.92 Å². The van der Waals surface area contributed by atoms with Gasteiger partial charge in [0.15, 0.2) is 0 Å². The summed E-state index contributed by atoms with van der Waals surface area (Å²) in [6.07, 6.45) is 0. The third-order valence-corrected chi connectivity index (χ3v) is 2.55. The summed E-state index contributed by atoms with van der Waals surface area (Å²) in [7, 11) is -3.11. The van der Waals surface area contributed by atoms with Crippen LogP contribution in [0.3, 0.4) is 0 Å². The minimum absolute atomic E-state index is 0.156. The number of aromatic nitrogens is 2. The number of nitrogens with zero attached hydrogens (tertiary/aromatic N) is 1. The van der Waals surface area contributed by atoms with E-state index in [1.807, 2.05) is 0 Å². The van der Waals surface area contributed by atoms with Crippen LogP contribution in [0.2, 0.25) is 10.0 Å². The zero-order valence-corrected chi connectivity index (χ0v) is 11.9. The number of halogens is 2. The second-order valence-corrected chi connectivity index (χ2v) is 4.66. The van der Waals surface area contributed by atoms with Gasteiger partial charge in [-0.3, -0.25) is 9.89 Å². The molecule has 2 aromatic rings. The van der Waals surface area contributed by atoms with Gasteiger partial charge in [-0.2, -0.15) is 0 Å². The van der Waals surface area contributed by atoms with Gasteiger partial charge in [-0.25, -0.2) is 4.68 Å². The van der Waals surface area contributed by atoms with E-state index in [0.717, 1.165) is 5.69 Å². The smallest absolute Gasteiger partial charge is 0.295 e. The number of aryl methyl sites for hydroxylation is 1. The van der Waals surface area contributed by atoms with Crippen LogP contribution in [-0.2, 0) is 10.6 Å². The van der Waals surface area contributed by atoms with Gasteiger partial charge in [0.05, 0.1) is 10.7 Å². The van der Waals surface area contributed by atoms with Gasteiger partial charge >= 0.3 is 10.6 Å². The molecular weight excluding hydrogens is 315 g/mol. The molecule has 0 aliphatic carbocycles. The summed E-state index contributed by atoms with van der Waals surface area (Å²) in [5.74, 6) is 0. The van der Waals surface area contributed by atoms with Crippen molar-refractivity contribution in [2.45, 2.75) is 6.92 Å². The summed E-state index contributed by atoms with van der Waals surface area (Å²) >= 11 is 11.8. The fourth-order valence-corrected chi connectivity index (χ4v) is 1.72. The minimum atomic E-state index is -3.11. The van der Waals surface area contributed by atoms with Gasteiger partial charge < -0.3 is 0 Å². The summed E-state index contributed by atoms with van der Waals surface area (Å²) in [4.78, 5) is 11.5. The Kier molecular flexibility index (Phi) is 5.34. The molecule has 2 rings (SSSR count). The molecule has 0 saturated carbocycles. The first-order chi connectivity index (χ1) is 8.81. The number of H-pyrrole nitrogens is 1. The second-order valence-electron chi connectivity index (χ2n) is 3.41. The first-order valence-corrected chi connectivity index (χ1v) is 6.57. The van der Waals surface area contributed by atoms with Crippen LogP contribution in [0.25, 0.3) is 5.69 Å². The molecule has 102 valence electrons. The van der Waals surface area contributed by atoms with Gasteiger partial charge in [-0.05, 0) is 25.1 Å². The number of hydrogen-bond acceptors (Lipinski definition) is 4. The quantitative estimate of drug-likeness (QED) is 0.866. The third kappa shape index (κ3) is 4.55. The molecule has 1 aromatic carbocycles. The zero-order valence-electron chi connectivity index (χ0n) is 9.55. The molecule has 6 nitrogen and oxygen atoms in total. The number of benzene rings is 1. The van der Waals surface area contributed by atoms with Crippen LogP contribution >= 0.6 is 23.2 Å². The molecule has 0 aliphatic rings. The van der Waals surface area contributed by atoms with Crippen molar-refractivity contribution in [1.82, 2.24) is 9.78 Å². The van der Waals surface area contributed by atoms with Crippen LogP contribution in [0.4, 0.5) is 0 Å². The molecule has 0 unspecified atom stereocenters. The lowest BCUT2D eigenvalue weighted by Crippen LogP contribution is -2.13. The van der Waals surface area contributed by atoms with Crippen LogP contribution in [0.15, 0.2) is 29.1 Å². The molecule has 0 aliphatic heterocycles. The van der Waals surface area contributed by atoms with Crippen molar-refractivity contribution in [3.8, 4) is 5.69 Å². The molecule has 9 heteroatoms. The van der Waals surface area contributed by atoms with Crippen molar-refractivity contribution >= 4 is 33.8 Å². The Hall–Kier alpha value is -1.57. The first kappa shape index (κ1) is 15.5. The average Bonchev–Trinajstić information content (AvgIpc) is 2.60. The Bertz CT molecular complexity index is 742. The standard InChI is InChI=1S/C10H8Cl2N2O.O3S/c1-6-4-10(15)14(13-6)9-5-7(11)2-3-8(9)12;1-4(2)3/h2-5,13H,1H3;. The summed E-state index contributed by atoms with van der Waals surface area (Å²) in [6.45, 7) is 1.80. The van der Waals surface area contributed by atoms with Crippen molar-refractivity contribution < 1.29 is 12.6 Å². The summed E-state index contributed by atoms with van der Waals surface area (Å²) in [6, 6.07) is 6.47. The molecule has 1 N–H and O–H groups in total. The highest BCUT2D eigenvalue weighted by atomic mass is 35.5. The van der Waals surface area contributed by atoms with Gasteiger partial charge in [-0.1, -0.05) is 23.2 Å². The lowest BCUT2D eigenvalue weighted by molar-refractivity contribution is 0.559. The lowest BCUT2D eigenvalue weighted by Gasteiger charge is -2.04. The largest absolute Gasteiger partial charge is 0.425 e. The monoisotopic (exact) mass is 322 g/mol. The molecule has 0 saturated heterocycles. The van der Waals surface area contributed by atoms with Crippen LogP contribution in [0.1, 0.15) is 5.69 Å². The summed E-state index contributed by atoms with van der Waals surface area (Å²) in [5.41, 5.74) is 1.18. The Balaban J connectivity index is 0.000000399. The number of rotatable bonds is 1. The van der Waals surface area contributed by atoms with E-state index in [2.05, 4.69) is 5.10 Å². The Morgan fingerprint density at radius 1 is 1.16 bits per heavy atom. The molecule has 1 aromatic heterocycles. The van der Waals surface area contributed by atoms with Crippen LogP contribution in [0.5, 0.6) is 0 Å². The highest BCUT2D eigenvalue weighted by molar-refractivity contribution is 7.59. The van der Waals surface area contributed by atoms with Crippen molar-refractivity contribution in [1.29, 1.82) is 0 Å². The zero-order chi connectivity index (χ0) is 14.6. The van der Waals surface area contributed by atoms with Crippen molar-refractivity contribution in [2.24, 2.45) is 0 Å². The van der Waals surface area contributed by atoms with Gasteiger partial charge in [0, 0.05) is 16.8 Å². The molecular formula is C10H8Cl2N2O4S. The molecule has 0 atom stereocenters. The van der Waals surface area contributed by atoms with E-state index in [1.54, 1.807) is 25.1 Å². The molecule has 0 amide bonds. The van der Waals surface area contributed by atoms with E-state index in [-0.39, 0.29) is 5.56 Å². The predicted molar refractivity (Wildman–Crippen MR) is 70.8 cm³/mol. The number of nitrogens with one attached hydrogen (secondary N) is 1. The van der Waals surface area contributed by atoms with E-state index in [4.69, 9.17) is 35.8 Å². The van der Waals surface area contributed by atoms with Gasteiger partial charge in [-0.15, -0.1) is 12.6 Å². The Labute approximate surface area is 119 Å². The highest BCUT2D eigenvalue weighted by Gasteiger charge is 2.07. The number of aromatic amines is 1. The fourth-order valence-electron chi connectivity index (χ4n) is 1.35. The van der Waals surface area contributed by atoms with E-state index in [0.29, 0.717) is 15.7 Å². The van der Waals surface area contributed by atoms with Crippen molar-refractivity contribution in [3.05, 3.63) is 50.4 Å². The third-order valence-electron chi connectivity index (χ3n) is 2.00. The fraction of sp³-hybridized carbons (Fsp3) is 0.100. The van der Waals surface area contributed by atoms with Gasteiger partial charge in [0.25, 0.3) is 5.56 Å². The lowest BCUT2D eigenvalue weighted by atomic mass is 10.3. The van der Waals surface area contributed by atoms with Crippen LogP contribution in [-0.4, -0.2) is 22.4 Å². The van der Waals surface area contributed by atoms with E-state index in [9.17, 15) is 4.79 Å². The second kappa shape index (κ2) is 6.55. The Morgan fingerprint density at radius 2 is 1.74 bits per heavy atom. The highest BCUT2D eigenvalue weighted by Crippen LogP contribution is 2.22. The summed E-state index contributed by atoms with van der Waals surface area (Å²) < 4.78 is 26.7. The van der Waals surface area contributed by atoms with Crippen LogP contribution < -0.4 is 5.56 Å². The molecule has 0 spiro atoms. The van der Waals surface area contributed by atoms with Gasteiger partial charge in [0.2, 0.25) is 0 Å². The molecule has 0 radical (unpaired) electrons. The van der Waals surface area contributed by atoms with Gasteiger partial charge in [0.1, 0.15) is 0 Å². The Morgan fingerprint density at radius 3 is 2.21 bits per heavy atom. The predicted octanol–water partition coefficient (Wildman–Crippen LogP) is 1.78.